The number of ether oxygens (including phenoxy) is 2. The molecule has 0 bridgehead atoms. The monoisotopic (exact) mass is 370 g/mol. The Balaban J connectivity index is 1.87. The normalized spacial score (nSPS) is 12.0. The Kier molecular flexibility index (Phi) is 6.45. The summed E-state index contributed by atoms with van der Waals surface area (Å²) < 4.78 is 10.6. The van der Waals surface area contributed by atoms with Crippen LogP contribution < -0.4 is 20.3 Å². The van der Waals surface area contributed by atoms with Crippen LogP contribution in [0.5, 0.6) is 11.5 Å². The number of hydrogen-bond acceptors (Lipinski definition) is 4. The summed E-state index contributed by atoms with van der Waals surface area (Å²) in [5.41, 5.74) is 6.39. The van der Waals surface area contributed by atoms with Gasteiger partial charge in [0, 0.05) is 5.56 Å². The molecule has 0 saturated carbocycles. The van der Waals surface area contributed by atoms with Crippen molar-refractivity contribution in [3.63, 3.8) is 0 Å². The van der Waals surface area contributed by atoms with E-state index in [1.54, 1.807) is 50.4 Å². The maximum Gasteiger partial charge on any atom is 0.279 e. The predicted octanol–water partition coefficient (Wildman–Crippen LogP) is 3.22. The van der Waals surface area contributed by atoms with E-state index >= 15 is 0 Å². The van der Waals surface area contributed by atoms with Crippen molar-refractivity contribution in [3.05, 3.63) is 59.7 Å². The fraction of sp³-hybridized carbons (Fsp3) is 0.333. The molecule has 6 nitrogen and oxygen atoms in total. The van der Waals surface area contributed by atoms with E-state index in [4.69, 9.17) is 9.47 Å². The molecule has 144 valence electrons. The summed E-state index contributed by atoms with van der Waals surface area (Å²) in [4.78, 5) is 24.3. The number of carbonyl (C=O) groups excluding carboxylic acids is 2. The predicted molar refractivity (Wildman–Crippen MR) is 104 cm³/mol. The molecule has 0 aliphatic rings. The van der Waals surface area contributed by atoms with Gasteiger partial charge in [0.2, 0.25) is 0 Å². The van der Waals surface area contributed by atoms with Crippen molar-refractivity contribution in [2.45, 2.75) is 39.2 Å². The first-order valence-electron chi connectivity index (χ1n) is 8.72. The molecule has 0 heterocycles. The second-order valence-corrected chi connectivity index (χ2v) is 7.21. The van der Waals surface area contributed by atoms with Crippen LogP contribution in [0.2, 0.25) is 0 Å². The standard InChI is InChI=1S/C21H26N2O4/c1-14(27-18-12-10-17(26-5)11-13-18)19(24)22-23-20(25)15-6-8-16(9-7-15)21(2,3)4/h6-14H,1-5H3,(H,22,24)(H,23,25). The summed E-state index contributed by atoms with van der Waals surface area (Å²) in [6.45, 7) is 7.91. The zero-order valence-corrected chi connectivity index (χ0v) is 16.3. The van der Waals surface area contributed by atoms with Gasteiger partial charge in [0.1, 0.15) is 11.5 Å². The van der Waals surface area contributed by atoms with Crippen molar-refractivity contribution in [1.29, 1.82) is 0 Å². The van der Waals surface area contributed by atoms with Gasteiger partial charge in [-0.1, -0.05) is 32.9 Å². The van der Waals surface area contributed by atoms with Crippen molar-refractivity contribution in [2.75, 3.05) is 7.11 Å². The molecule has 0 saturated heterocycles. The van der Waals surface area contributed by atoms with Crippen molar-refractivity contribution in [1.82, 2.24) is 10.9 Å². The van der Waals surface area contributed by atoms with Gasteiger partial charge in [-0.2, -0.15) is 0 Å². The Hall–Kier alpha value is -3.02. The van der Waals surface area contributed by atoms with Crippen LogP contribution in [0.1, 0.15) is 43.6 Å². The number of hydrazine groups is 1. The highest BCUT2D eigenvalue weighted by Crippen LogP contribution is 2.22. The van der Waals surface area contributed by atoms with Crippen molar-refractivity contribution < 1.29 is 19.1 Å². The average molecular weight is 370 g/mol. The van der Waals surface area contributed by atoms with Gasteiger partial charge in [-0.25, -0.2) is 0 Å². The number of rotatable bonds is 5. The van der Waals surface area contributed by atoms with Gasteiger partial charge in [-0.3, -0.25) is 20.4 Å². The van der Waals surface area contributed by atoms with Crippen molar-refractivity contribution in [3.8, 4) is 11.5 Å². The molecule has 6 heteroatoms. The van der Waals surface area contributed by atoms with Crippen molar-refractivity contribution >= 4 is 11.8 Å². The number of methoxy groups -OCH3 is 1. The molecule has 0 spiro atoms. The van der Waals surface area contributed by atoms with Crippen molar-refractivity contribution in [2.24, 2.45) is 0 Å². The smallest absolute Gasteiger partial charge is 0.279 e. The van der Waals surface area contributed by atoms with E-state index in [-0.39, 0.29) is 11.3 Å². The summed E-state index contributed by atoms with van der Waals surface area (Å²) >= 11 is 0. The Labute approximate surface area is 159 Å². The van der Waals surface area contributed by atoms with Gasteiger partial charge in [0.05, 0.1) is 7.11 Å². The highest BCUT2D eigenvalue weighted by Gasteiger charge is 2.17. The number of hydrogen-bond donors (Lipinski definition) is 2. The molecule has 1 atom stereocenters. The topological polar surface area (TPSA) is 76.7 Å². The van der Waals surface area contributed by atoms with Gasteiger partial charge in [-0.05, 0) is 54.3 Å². The van der Waals surface area contributed by atoms with Crippen LogP contribution >= 0.6 is 0 Å². The molecule has 2 aromatic rings. The third-order valence-electron chi connectivity index (χ3n) is 4.05. The summed E-state index contributed by atoms with van der Waals surface area (Å²) in [5.74, 6) is 0.387. The first-order chi connectivity index (χ1) is 12.7. The molecule has 0 aliphatic heterocycles. The Bertz CT molecular complexity index is 777. The molecule has 2 amide bonds. The van der Waals surface area contributed by atoms with E-state index in [9.17, 15) is 9.59 Å². The number of amides is 2. The zero-order valence-electron chi connectivity index (χ0n) is 16.3. The average Bonchev–Trinajstić information content (AvgIpc) is 2.65. The lowest BCUT2D eigenvalue weighted by Gasteiger charge is -2.19. The molecule has 0 aliphatic carbocycles. The van der Waals surface area contributed by atoms with Gasteiger partial charge in [0.15, 0.2) is 6.10 Å². The van der Waals surface area contributed by atoms with Gasteiger partial charge in [0.25, 0.3) is 11.8 Å². The van der Waals surface area contributed by atoms with Crippen LogP contribution in [0, 0.1) is 0 Å². The number of benzene rings is 2. The van der Waals surface area contributed by atoms with Crippen LogP contribution in [0.4, 0.5) is 0 Å². The number of carbonyl (C=O) groups is 2. The fourth-order valence-corrected chi connectivity index (χ4v) is 2.33. The largest absolute Gasteiger partial charge is 0.497 e. The Morgan fingerprint density at radius 1 is 0.889 bits per heavy atom. The third kappa shape index (κ3) is 5.74. The minimum absolute atomic E-state index is 0.0114. The quantitative estimate of drug-likeness (QED) is 0.793. The fourth-order valence-electron chi connectivity index (χ4n) is 2.33. The van der Waals surface area contributed by atoms with E-state index in [0.29, 0.717) is 17.1 Å². The summed E-state index contributed by atoms with van der Waals surface area (Å²) in [5, 5.41) is 0. The SMILES string of the molecule is COc1ccc(OC(C)C(=O)NNC(=O)c2ccc(C(C)(C)C)cc2)cc1. The van der Waals surface area contributed by atoms with Crippen LogP contribution in [-0.2, 0) is 10.2 Å². The lowest BCUT2D eigenvalue weighted by Crippen LogP contribution is -2.47. The molecule has 2 rings (SSSR count). The highest BCUT2D eigenvalue weighted by atomic mass is 16.5. The second kappa shape index (κ2) is 8.58. The molecule has 0 radical (unpaired) electrons. The van der Waals surface area contributed by atoms with Gasteiger partial charge in [-0.15, -0.1) is 0 Å². The molecule has 2 N–H and O–H groups in total. The van der Waals surface area contributed by atoms with E-state index in [2.05, 4.69) is 31.6 Å². The van der Waals surface area contributed by atoms with Crippen LogP contribution in [0.15, 0.2) is 48.5 Å². The zero-order chi connectivity index (χ0) is 20.0. The first kappa shape index (κ1) is 20.3. The van der Waals surface area contributed by atoms with E-state index in [1.807, 2.05) is 12.1 Å². The van der Waals surface area contributed by atoms with Crippen LogP contribution in [-0.4, -0.2) is 25.0 Å². The summed E-state index contributed by atoms with van der Waals surface area (Å²) in [6.07, 6.45) is -0.776. The molecule has 0 fully saturated rings. The Morgan fingerprint density at radius 2 is 1.44 bits per heavy atom. The molecular formula is C21H26N2O4. The van der Waals surface area contributed by atoms with Gasteiger partial charge >= 0.3 is 0 Å². The highest BCUT2D eigenvalue weighted by molar-refractivity contribution is 5.95. The Morgan fingerprint density at radius 3 is 1.96 bits per heavy atom. The summed E-state index contributed by atoms with van der Waals surface area (Å²) in [6, 6.07) is 14.2. The second-order valence-electron chi connectivity index (χ2n) is 7.21. The molecule has 27 heavy (non-hydrogen) atoms. The molecule has 1 unspecified atom stereocenters. The van der Waals surface area contributed by atoms with Gasteiger partial charge < -0.3 is 9.47 Å². The van der Waals surface area contributed by atoms with Crippen LogP contribution in [0.25, 0.3) is 0 Å². The van der Waals surface area contributed by atoms with E-state index in [1.165, 1.54) is 0 Å². The van der Waals surface area contributed by atoms with E-state index in [0.717, 1.165) is 5.56 Å². The molecular weight excluding hydrogens is 344 g/mol. The first-order valence-corrected chi connectivity index (χ1v) is 8.72. The number of nitrogens with one attached hydrogen (secondary N) is 2. The summed E-state index contributed by atoms with van der Waals surface area (Å²) in [7, 11) is 1.57. The lowest BCUT2D eigenvalue weighted by molar-refractivity contribution is -0.128. The molecule has 0 aromatic heterocycles. The lowest BCUT2D eigenvalue weighted by atomic mass is 9.87. The minimum Gasteiger partial charge on any atom is -0.497 e. The maximum atomic E-state index is 12.2. The van der Waals surface area contributed by atoms with Crippen LogP contribution in [0.3, 0.4) is 0 Å². The molecule has 2 aromatic carbocycles. The van der Waals surface area contributed by atoms with E-state index < -0.39 is 12.0 Å². The maximum absolute atomic E-state index is 12.2. The minimum atomic E-state index is -0.776. The third-order valence-corrected chi connectivity index (χ3v) is 4.05.